The van der Waals surface area contributed by atoms with Crippen molar-refractivity contribution >= 4 is 5.69 Å². The van der Waals surface area contributed by atoms with Crippen molar-refractivity contribution in [3.63, 3.8) is 0 Å². The molecule has 1 aromatic carbocycles. The summed E-state index contributed by atoms with van der Waals surface area (Å²) in [6.45, 7) is 3.75. The summed E-state index contributed by atoms with van der Waals surface area (Å²) in [7, 11) is 0. The van der Waals surface area contributed by atoms with Crippen LogP contribution < -0.4 is 5.32 Å². The molecule has 0 heterocycles. The second kappa shape index (κ2) is 6.06. The van der Waals surface area contributed by atoms with Crippen molar-refractivity contribution in [2.45, 2.75) is 58.2 Å². The highest BCUT2D eigenvalue weighted by atomic mass is 19.4. The van der Waals surface area contributed by atoms with Gasteiger partial charge in [0, 0.05) is 11.7 Å². The molecule has 2 unspecified atom stereocenters. The zero-order valence-electron chi connectivity index (χ0n) is 12.1. The molecule has 2 atom stereocenters. The van der Waals surface area contributed by atoms with Crippen molar-refractivity contribution in [3.05, 3.63) is 29.3 Å². The first-order chi connectivity index (χ1) is 9.36. The summed E-state index contributed by atoms with van der Waals surface area (Å²) in [6, 6.07) is 4.83. The minimum atomic E-state index is -4.28. The molecule has 0 amide bonds. The number of aryl methyl sites for hydroxylation is 1. The molecule has 0 bridgehead atoms. The molecule has 0 saturated heterocycles. The molecule has 1 aliphatic carbocycles. The summed E-state index contributed by atoms with van der Waals surface area (Å²) >= 11 is 0. The van der Waals surface area contributed by atoms with E-state index in [1.54, 1.807) is 12.1 Å². The van der Waals surface area contributed by atoms with Gasteiger partial charge in [-0.1, -0.05) is 25.8 Å². The van der Waals surface area contributed by atoms with Crippen LogP contribution in [-0.4, -0.2) is 6.04 Å². The van der Waals surface area contributed by atoms with Gasteiger partial charge in [-0.05, 0) is 49.8 Å². The zero-order chi connectivity index (χ0) is 14.8. The van der Waals surface area contributed by atoms with E-state index >= 15 is 0 Å². The fourth-order valence-corrected chi connectivity index (χ4v) is 2.88. The number of alkyl halides is 3. The van der Waals surface area contributed by atoms with E-state index in [-0.39, 0.29) is 5.56 Å². The molecule has 4 heteroatoms. The normalized spacial score (nSPS) is 24.2. The Morgan fingerprint density at radius 3 is 2.55 bits per heavy atom. The average Bonchev–Trinajstić information content (AvgIpc) is 2.55. The van der Waals surface area contributed by atoms with Crippen LogP contribution in [0.4, 0.5) is 18.9 Å². The number of hydrogen-bond donors (Lipinski definition) is 1. The van der Waals surface area contributed by atoms with E-state index in [4.69, 9.17) is 0 Å². The van der Waals surface area contributed by atoms with Gasteiger partial charge in [-0.25, -0.2) is 0 Å². The van der Waals surface area contributed by atoms with Crippen molar-refractivity contribution in [2.24, 2.45) is 5.92 Å². The smallest absolute Gasteiger partial charge is 0.382 e. The number of benzene rings is 1. The fraction of sp³-hybridized carbons (Fsp3) is 0.625. The SMILES string of the molecule is Cc1ccc(NC2CCCC(C)CC2)cc1C(F)(F)F. The van der Waals surface area contributed by atoms with Crippen molar-refractivity contribution in [2.75, 3.05) is 5.32 Å². The molecule has 112 valence electrons. The summed E-state index contributed by atoms with van der Waals surface area (Å²) < 4.78 is 38.7. The summed E-state index contributed by atoms with van der Waals surface area (Å²) in [5, 5.41) is 3.28. The van der Waals surface area contributed by atoms with Crippen LogP contribution in [0.2, 0.25) is 0 Å². The molecule has 0 radical (unpaired) electrons. The summed E-state index contributed by atoms with van der Waals surface area (Å²) in [5.41, 5.74) is 0.324. The predicted octanol–water partition coefficient (Wildman–Crippen LogP) is 5.39. The molecule has 0 spiro atoms. The van der Waals surface area contributed by atoms with Gasteiger partial charge in [0.05, 0.1) is 5.56 Å². The Kier molecular flexibility index (Phi) is 4.61. The first kappa shape index (κ1) is 15.2. The van der Waals surface area contributed by atoms with E-state index in [1.165, 1.54) is 19.4 Å². The molecule has 1 saturated carbocycles. The minimum absolute atomic E-state index is 0.275. The maximum atomic E-state index is 12.9. The quantitative estimate of drug-likeness (QED) is 0.718. The van der Waals surface area contributed by atoms with E-state index in [0.29, 0.717) is 11.7 Å². The molecule has 1 N–H and O–H groups in total. The standard InChI is InChI=1S/C16H22F3N/c1-11-4-3-5-13(8-6-11)20-14-9-7-12(2)15(10-14)16(17,18)19/h7,9-11,13,20H,3-6,8H2,1-2H3. The Bertz CT molecular complexity index is 454. The van der Waals surface area contributed by atoms with Crippen molar-refractivity contribution in [1.82, 2.24) is 0 Å². The molecule has 0 aromatic heterocycles. The number of nitrogens with one attached hydrogen (secondary N) is 1. The Morgan fingerprint density at radius 1 is 1.10 bits per heavy atom. The van der Waals surface area contributed by atoms with E-state index in [9.17, 15) is 13.2 Å². The van der Waals surface area contributed by atoms with Gasteiger partial charge in [0.1, 0.15) is 0 Å². The molecule has 0 aliphatic heterocycles. The summed E-state index contributed by atoms with van der Waals surface area (Å²) in [6.07, 6.45) is 1.32. The third-order valence-electron chi connectivity index (χ3n) is 4.17. The van der Waals surface area contributed by atoms with Crippen LogP contribution in [0.5, 0.6) is 0 Å². The van der Waals surface area contributed by atoms with Gasteiger partial charge in [-0.3, -0.25) is 0 Å². The molecule has 1 aliphatic rings. The van der Waals surface area contributed by atoms with Gasteiger partial charge in [-0.15, -0.1) is 0 Å². The zero-order valence-corrected chi connectivity index (χ0v) is 12.1. The number of halogens is 3. The van der Waals surface area contributed by atoms with Crippen molar-refractivity contribution < 1.29 is 13.2 Å². The number of rotatable bonds is 2. The van der Waals surface area contributed by atoms with Gasteiger partial charge in [-0.2, -0.15) is 13.2 Å². The van der Waals surface area contributed by atoms with E-state index in [2.05, 4.69) is 12.2 Å². The third kappa shape index (κ3) is 3.90. The summed E-state index contributed by atoms with van der Waals surface area (Å²) in [4.78, 5) is 0. The second-order valence-electron chi connectivity index (χ2n) is 5.98. The van der Waals surface area contributed by atoms with Crippen LogP contribution >= 0.6 is 0 Å². The maximum absolute atomic E-state index is 12.9. The van der Waals surface area contributed by atoms with E-state index in [0.717, 1.165) is 31.6 Å². The Labute approximate surface area is 118 Å². The van der Waals surface area contributed by atoms with Crippen molar-refractivity contribution in [3.8, 4) is 0 Å². The molecular weight excluding hydrogens is 263 g/mol. The van der Waals surface area contributed by atoms with Crippen LogP contribution in [-0.2, 0) is 6.18 Å². The molecule has 1 nitrogen and oxygen atoms in total. The first-order valence-electron chi connectivity index (χ1n) is 7.30. The number of hydrogen-bond acceptors (Lipinski definition) is 1. The highest BCUT2D eigenvalue weighted by molar-refractivity contribution is 5.50. The fourth-order valence-electron chi connectivity index (χ4n) is 2.88. The number of anilines is 1. The Morgan fingerprint density at radius 2 is 1.85 bits per heavy atom. The lowest BCUT2D eigenvalue weighted by molar-refractivity contribution is -0.138. The van der Waals surface area contributed by atoms with Crippen LogP contribution in [0.25, 0.3) is 0 Å². The predicted molar refractivity (Wildman–Crippen MR) is 75.8 cm³/mol. The van der Waals surface area contributed by atoms with Gasteiger partial charge >= 0.3 is 6.18 Å². The lowest BCUT2D eigenvalue weighted by atomic mass is 10.0. The Hall–Kier alpha value is -1.19. The average molecular weight is 285 g/mol. The van der Waals surface area contributed by atoms with Crippen molar-refractivity contribution in [1.29, 1.82) is 0 Å². The largest absolute Gasteiger partial charge is 0.416 e. The topological polar surface area (TPSA) is 12.0 Å². The van der Waals surface area contributed by atoms with Crippen LogP contribution in [0.15, 0.2) is 18.2 Å². The lowest BCUT2D eigenvalue weighted by Crippen LogP contribution is -2.19. The third-order valence-corrected chi connectivity index (χ3v) is 4.17. The highest BCUT2D eigenvalue weighted by Gasteiger charge is 2.32. The van der Waals surface area contributed by atoms with Gasteiger partial charge in [0.25, 0.3) is 0 Å². The Balaban J connectivity index is 2.10. The van der Waals surface area contributed by atoms with Crippen LogP contribution in [0, 0.1) is 12.8 Å². The minimum Gasteiger partial charge on any atom is -0.382 e. The van der Waals surface area contributed by atoms with Gasteiger partial charge in [0.2, 0.25) is 0 Å². The van der Waals surface area contributed by atoms with E-state index in [1.807, 2.05) is 0 Å². The lowest BCUT2D eigenvalue weighted by Gasteiger charge is -2.19. The molecule has 20 heavy (non-hydrogen) atoms. The van der Waals surface area contributed by atoms with Gasteiger partial charge in [0.15, 0.2) is 0 Å². The first-order valence-corrected chi connectivity index (χ1v) is 7.30. The maximum Gasteiger partial charge on any atom is 0.416 e. The van der Waals surface area contributed by atoms with Gasteiger partial charge < -0.3 is 5.32 Å². The van der Waals surface area contributed by atoms with Crippen LogP contribution in [0.3, 0.4) is 0 Å². The highest BCUT2D eigenvalue weighted by Crippen LogP contribution is 2.34. The van der Waals surface area contributed by atoms with Crippen LogP contribution in [0.1, 0.15) is 50.2 Å². The molecule has 1 aromatic rings. The van der Waals surface area contributed by atoms with E-state index < -0.39 is 11.7 Å². The monoisotopic (exact) mass is 285 g/mol. The molecule has 2 rings (SSSR count). The molecular formula is C16H22F3N. The molecule has 1 fully saturated rings. The second-order valence-corrected chi connectivity index (χ2v) is 5.98. The summed E-state index contributed by atoms with van der Waals surface area (Å²) in [5.74, 6) is 0.727.